The Morgan fingerprint density at radius 3 is 2.38 bits per heavy atom. The van der Waals surface area contributed by atoms with Gasteiger partial charge in [-0.25, -0.2) is 0 Å². The van der Waals surface area contributed by atoms with Crippen LogP contribution in [0.1, 0.15) is 21.5 Å². The number of nitro benzene ring substituents is 1. The third-order valence-electron chi connectivity index (χ3n) is 4.37. The van der Waals surface area contributed by atoms with E-state index in [4.69, 9.17) is 23.2 Å². The van der Waals surface area contributed by atoms with E-state index in [0.717, 1.165) is 5.56 Å². The third-order valence-corrected chi connectivity index (χ3v) is 4.92. The highest BCUT2D eigenvalue weighted by Crippen LogP contribution is 2.22. The van der Waals surface area contributed by atoms with Gasteiger partial charge < -0.3 is 10.6 Å². The first kappa shape index (κ1) is 23.0. The molecular weight excluding hydrogens is 453 g/mol. The number of amides is 2. The predicted octanol–water partition coefficient (Wildman–Crippen LogP) is 5.62. The number of nitro groups is 1. The van der Waals surface area contributed by atoms with Crippen LogP contribution in [0.25, 0.3) is 6.08 Å². The van der Waals surface area contributed by atoms with Gasteiger partial charge in [0.2, 0.25) is 0 Å². The van der Waals surface area contributed by atoms with Crippen LogP contribution >= 0.6 is 23.2 Å². The molecule has 3 rings (SSSR count). The van der Waals surface area contributed by atoms with Crippen molar-refractivity contribution in [1.29, 1.82) is 0 Å². The maximum Gasteiger partial charge on any atom is 0.272 e. The molecule has 7 nitrogen and oxygen atoms in total. The molecule has 0 saturated heterocycles. The number of aryl methyl sites for hydroxylation is 1. The monoisotopic (exact) mass is 469 g/mol. The Balaban J connectivity index is 1.95. The Bertz CT molecular complexity index is 1220. The topological polar surface area (TPSA) is 101 Å². The Morgan fingerprint density at radius 2 is 1.72 bits per heavy atom. The van der Waals surface area contributed by atoms with Crippen molar-refractivity contribution in [3.05, 3.63) is 109 Å². The number of carbonyl (C=O) groups excluding carboxylic acids is 2. The molecule has 0 bridgehead atoms. The lowest BCUT2D eigenvalue weighted by Crippen LogP contribution is -2.31. The lowest BCUT2D eigenvalue weighted by Gasteiger charge is -2.12. The van der Waals surface area contributed by atoms with Gasteiger partial charge in [0.25, 0.3) is 17.5 Å². The number of non-ortho nitro benzene ring substituents is 1. The highest BCUT2D eigenvalue weighted by Gasteiger charge is 2.18. The average Bonchev–Trinajstić information content (AvgIpc) is 2.75. The summed E-state index contributed by atoms with van der Waals surface area (Å²) in [6.07, 6.45) is 1.35. The maximum atomic E-state index is 12.9. The minimum Gasteiger partial charge on any atom is -0.321 e. The van der Waals surface area contributed by atoms with Crippen LogP contribution in [0.4, 0.5) is 11.4 Å². The van der Waals surface area contributed by atoms with E-state index in [9.17, 15) is 19.7 Å². The summed E-state index contributed by atoms with van der Waals surface area (Å²) in [6.45, 7) is 1.91. The first-order valence-corrected chi connectivity index (χ1v) is 10.1. The third kappa shape index (κ3) is 5.94. The number of nitrogens with one attached hydrogen (secondary N) is 2. The lowest BCUT2D eigenvalue weighted by atomic mass is 10.1. The number of benzene rings is 3. The molecule has 9 heteroatoms. The van der Waals surface area contributed by atoms with Crippen molar-refractivity contribution in [2.24, 2.45) is 0 Å². The number of hydrogen-bond donors (Lipinski definition) is 2. The summed E-state index contributed by atoms with van der Waals surface area (Å²) in [5.74, 6) is -1.25. The van der Waals surface area contributed by atoms with E-state index in [2.05, 4.69) is 10.6 Å². The zero-order valence-electron chi connectivity index (χ0n) is 16.8. The van der Waals surface area contributed by atoms with Crippen molar-refractivity contribution in [2.45, 2.75) is 6.92 Å². The van der Waals surface area contributed by atoms with Crippen molar-refractivity contribution < 1.29 is 14.5 Å². The Morgan fingerprint density at radius 1 is 1.00 bits per heavy atom. The number of nitrogens with zero attached hydrogens (tertiary/aromatic N) is 1. The molecule has 0 aromatic heterocycles. The highest BCUT2D eigenvalue weighted by atomic mass is 35.5. The molecule has 0 radical (unpaired) electrons. The van der Waals surface area contributed by atoms with Gasteiger partial charge in [-0.15, -0.1) is 0 Å². The zero-order chi connectivity index (χ0) is 23.3. The summed E-state index contributed by atoms with van der Waals surface area (Å²) < 4.78 is 0. The Labute approximate surface area is 193 Å². The molecule has 0 spiro atoms. The molecule has 3 aromatic rings. The summed E-state index contributed by atoms with van der Waals surface area (Å²) in [4.78, 5) is 36.3. The minimum absolute atomic E-state index is 0.114. The van der Waals surface area contributed by atoms with Gasteiger partial charge in [0.1, 0.15) is 5.70 Å². The van der Waals surface area contributed by atoms with Gasteiger partial charge in [0.15, 0.2) is 0 Å². The van der Waals surface area contributed by atoms with Crippen LogP contribution in [0, 0.1) is 17.0 Å². The average molecular weight is 470 g/mol. The van der Waals surface area contributed by atoms with Crippen LogP contribution in [-0.2, 0) is 4.79 Å². The van der Waals surface area contributed by atoms with Crippen LogP contribution in [0.2, 0.25) is 10.0 Å². The smallest absolute Gasteiger partial charge is 0.272 e. The second-order valence-electron chi connectivity index (χ2n) is 6.81. The van der Waals surface area contributed by atoms with Crippen LogP contribution in [-0.4, -0.2) is 16.7 Å². The van der Waals surface area contributed by atoms with Crippen molar-refractivity contribution in [2.75, 3.05) is 5.32 Å². The fraction of sp³-hybridized carbons (Fsp3) is 0.0435. The first-order chi connectivity index (χ1) is 15.2. The van der Waals surface area contributed by atoms with Gasteiger partial charge in [-0.2, -0.15) is 0 Å². The fourth-order valence-electron chi connectivity index (χ4n) is 2.75. The van der Waals surface area contributed by atoms with Gasteiger partial charge in [0, 0.05) is 22.8 Å². The van der Waals surface area contributed by atoms with Crippen LogP contribution < -0.4 is 10.6 Å². The van der Waals surface area contributed by atoms with Gasteiger partial charge in [0.05, 0.1) is 15.5 Å². The second-order valence-corrected chi connectivity index (χ2v) is 7.65. The standard InChI is InChI=1S/C23H17Cl2N3O4/c1-14-5-8-17(9-6-14)26-23(30)21(12-15-3-2-4-18(11-15)28(31)32)27-22(29)19-10-7-16(24)13-20(19)25/h2-13H,1H3,(H,26,30)(H,27,29). The summed E-state index contributed by atoms with van der Waals surface area (Å²) in [5, 5.41) is 16.8. The van der Waals surface area contributed by atoms with Crippen LogP contribution in [0.5, 0.6) is 0 Å². The molecule has 0 saturated carbocycles. The molecule has 0 aliphatic rings. The molecule has 0 fully saturated rings. The zero-order valence-corrected chi connectivity index (χ0v) is 18.3. The Kier molecular flexibility index (Phi) is 7.25. The van der Waals surface area contributed by atoms with Crippen molar-refractivity contribution in [3.8, 4) is 0 Å². The van der Waals surface area contributed by atoms with E-state index < -0.39 is 16.7 Å². The number of rotatable bonds is 6. The van der Waals surface area contributed by atoms with E-state index in [0.29, 0.717) is 16.3 Å². The largest absolute Gasteiger partial charge is 0.321 e. The molecule has 0 atom stereocenters. The van der Waals surface area contributed by atoms with Crippen molar-refractivity contribution in [1.82, 2.24) is 5.32 Å². The van der Waals surface area contributed by atoms with E-state index in [1.165, 1.54) is 42.5 Å². The fourth-order valence-corrected chi connectivity index (χ4v) is 3.25. The van der Waals surface area contributed by atoms with Gasteiger partial charge in [-0.05, 0) is 48.9 Å². The number of carbonyl (C=O) groups is 2. The van der Waals surface area contributed by atoms with E-state index in [1.807, 2.05) is 19.1 Å². The summed E-state index contributed by atoms with van der Waals surface area (Å²) >= 11 is 12.0. The van der Waals surface area contributed by atoms with E-state index in [1.54, 1.807) is 18.2 Å². The summed E-state index contributed by atoms with van der Waals surface area (Å²) in [5.41, 5.74) is 1.73. The van der Waals surface area contributed by atoms with Gasteiger partial charge in [-0.1, -0.05) is 53.0 Å². The molecule has 32 heavy (non-hydrogen) atoms. The van der Waals surface area contributed by atoms with E-state index >= 15 is 0 Å². The highest BCUT2D eigenvalue weighted by molar-refractivity contribution is 6.36. The summed E-state index contributed by atoms with van der Waals surface area (Å²) in [7, 11) is 0. The molecule has 2 amide bonds. The quantitative estimate of drug-likeness (QED) is 0.277. The molecule has 0 heterocycles. The first-order valence-electron chi connectivity index (χ1n) is 9.33. The molecule has 2 N–H and O–H groups in total. The normalized spacial score (nSPS) is 11.0. The van der Waals surface area contributed by atoms with Crippen LogP contribution in [0.15, 0.2) is 72.4 Å². The van der Waals surface area contributed by atoms with Crippen molar-refractivity contribution >= 4 is 52.5 Å². The van der Waals surface area contributed by atoms with Crippen LogP contribution in [0.3, 0.4) is 0 Å². The minimum atomic E-state index is -0.637. The molecule has 0 aliphatic carbocycles. The lowest BCUT2D eigenvalue weighted by molar-refractivity contribution is -0.384. The van der Waals surface area contributed by atoms with E-state index in [-0.39, 0.29) is 22.0 Å². The predicted molar refractivity (Wildman–Crippen MR) is 125 cm³/mol. The Hall–Kier alpha value is -3.68. The molecular formula is C23H17Cl2N3O4. The SMILES string of the molecule is Cc1ccc(NC(=O)C(=Cc2cccc([N+](=O)[O-])c2)NC(=O)c2ccc(Cl)cc2Cl)cc1. The number of hydrogen-bond acceptors (Lipinski definition) is 4. The summed E-state index contributed by atoms with van der Waals surface area (Å²) in [6, 6.07) is 17.1. The van der Waals surface area contributed by atoms with Gasteiger partial charge >= 0.3 is 0 Å². The van der Waals surface area contributed by atoms with Gasteiger partial charge in [-0.3, -0.25) is 19.7 Å². The molecule has 162 valence electrons. The second kappa shape index (κ2) is 10.1. The number of anilines is 1. The number of halogens is 2. The molecule has 3 aromatic carbocycles. The molecule has 0 unspecified atom stereocenters. The molecule has 0 aliphatic heterocycles. The maximum absolute atomic E-state index is 12.9. The van der Waals surface area contributed by atoms with Crippen molar-refractivity contribution in [3.63, 3.8) is 0 Å².